The molecule has 0 aromatic heterocycles. The summed E-state index contributed by atoms with van der Waals surface area (Å²) >= 11 is 0. The van der Waals surface area contributed by atoms with E-state index in [9.17, 15) is 4.79 Å². The molecule has 0 spiro atoms. The number of carbonyl (C=O) groups is 1. The Labute approximate surface area is 124 Å². The zero-order chi connectivity index (χ0) is 15.5. The molecule has 6 heteroatoms. The lowest BCUT2D eigenvalue weighted by Crippen LogP contribution is -2.05. The molecule has 0 saturated heterocycles. The summed E-state index contributed by atoms with van der Waals surface area (Å²) < 4.78 is 10.4. The Bertz CT molecular complexity index is 499. The van der Waals surface area contributed by atoms with Gasteiger partial charge < -0.3 is 9.47 Å². The fourth-order valence-corrected chi connectivity index (χ4v) is 2.05. The van der Waals surface area contributed by atoms with Crippen LogP contribution in [0.25, 0.3) is 10.4 Å². The minimum Gasteiger partial charge on any atom is -0.494 e. The smallest absolute Gasteiger partial charge is 0.305 e. The van der Waals surface area contributed by atoms with E-state index in [4.69, 9.17) is 15.0 Å². The zero-order valence-corrected chi connectivity index (χ0v) is 12.5. The number of ether oxygens (including phenoxy) is 2. The van der Waals surface area contributed by atoms with Gasteiger partial charge in [-0.15, -0.1) is 0 Å². The highest BCUT2D eigenvalue weighted by atomic mass is 16.5. The van der Waals surface area contributed by atoms with Gasteiger partial charge in [0.1, 0.15) is 5.75 Å². The largest absolute Gasteiger partial charge is 0.494 e. The summed E-state index contributed by atoms with van der Waals surface area (Å²) in [6.45, 7) is 4.60. The fraction of sp³-hybridized carbons (Fsp3) is 0.533. The maximum Gasteiger partial charge on any atom is 0.305 e. The molecule has 0 aliphatic carbocycles. The van der Waals surface area contributed by atoms with Crippen molar-refractivity contribution in [2.75, 3.05) is 13.2 Å². The van der Waals surface area contributed by atoms with Crippen molar-refractivity contribution in [3.8, 4) is 5.75 Å². The molecule has 114 valence electrons. The summed E-state index contributed by atoms with van der Waals surface area (Å²) in [5.41, 5.74) is 9.59. The summed E-state index contributed by atoms with van der Waals surface area (Å²) in [5, 5.41) is 3.83. The number of benzene rings is 1. The average Bonchev–Trinajstić information content (AvgIpc) is 2.48. The Balaban J connectivity index is 2.73. The third kappa shape index (κ3) is 5.75. The van der Waals surface area contributed by atoms with E-state index in [0.29, 0.717) is 38.2 Å². The summed E-state index contributed by atoms with van der Waals surface area (Å²) in [6.07, 6.45) is 1.50. The summed E-state index contributed by atoms with van der Waals surface area (Å²) in [6, 6.07) is 7.15. The standard InChI is InChI=1S/C15H21N3O3/c1-3-20-14-10-6-5-8-12(14)13(17-18-16)9-7-11-15(19)21-4-2/h5-6,8,10,13H,3-4,7,9,11H2,1-2H3. The van der Waals surface area contributed by atoms with Crippen molar-refractivity contribution in [3.63, 3.8) is 0 Å². The molecule has 0 N–H and O–H groups in total. The van der Waals surface area contributed by atoms with Crippen molar-refractivity contribution in [3.05, 3.63) is 40.3 Å². The monoisotopic (exact) mass is 291 g/mol. The minimum absolute atomic E-state index is 0.227. The Kier molecular flexibility index (Phi) is 7.76. The molecule has 1 unspecified atom stereocenters. The Morgan fingerprint density at radius 1 is 1.33 bits per heavy atom. The van der Waals surface area contributed by atoms with Gasteiger partial charge in [0.15, 0.2) is 0 Å². The summed E-state index contributed by atoms with van der Waals surface area (Å²) in [7, 11) is 0. The summed E-state index contributed by atoms with van der Waals surface area (Å²) in [4.78, 5) is 14.2. The van der Waals surface area contributed by atoms with Crippen molar-refractivity contribution in [1.82, 2.24) is 0 Å². The first-order valence-electron chi connectivity index (χ1n) is 7.14. The van der Waals surface area contributed by atoms with Gasteiger partial charge in [-0.05, 0) is 38.3 Å². The molecule has 0 heterocycles. The normalized spacial score (nSPS) is 11.3. The third-order valence-corrected chi connectivity index (χ3v) is 2.93. The molecule has 0 bridgehead atoms. The van der Waals surface area contributed by atoms with E-state index in [2.05, 4.69) is 10.0 Å². The topological polar surface area (TPSA) is 84.3 Å². The van der Waals surface area contributed by atoms with Crippen molar-refractivity contribution < 1.29 is 14.3 Å². The van der Waals surface area contributed by atoms with E-state index in [0.717, 1.165) is 5.56 Å². The molecule has 0 fully saturated rings. The van der Waals surface area contributed by atoms with Gasteiger partial charge in [-0.3, -0.25) is 4.79 Å². The highest BCUT2D eigenvalue weighted by Crippen LogP contribution is 2.31. The first-order valence-corrected chi connectivity index (χ1v) is 7.14. The van der Waals surface area contributed by atoms with Crippen molar-refractivity contribution >= 4 is 5.97 Å². The molecule has 0 aliphatic rings. The van der Waals surface area contributed by atoms with Gasteiger partial charge in [0, 0.05) is 16.9 Å². The third-order valence-electron chi connectivity index (χ3n) is 2.93. The lowest BCUT2D eigenvalue weighted by atomic mass is 10.0. The molecule has 0 aliphatic heterocycles. The Hall–Kier alpha value is -2.20. The Morgan fingerprint density at radius 2 is 2.10 bits per heavy atom. The van der Waals surface area contributed by atoms with Crippen LogP contribution in [0.5, 0.6) is 5.75 Å². The molecule has 6 nitrogen and oxygen atoms in total. The van der Waals surface area contributed by atoms with Gasteiger partial charge in [0.2, 0.25) is 0 Å². The number of esters is 1. The van der Waals surface area contributed by atoms with Gasteiger partial charge in [-0.2, -0.15) is 0 Å². The number of nitrogens with zero attached hydrogens (tertiary/aromatic N) is 3. The van der Waals surface area contributed by atoms with Crippen LogP contribution in [0.2, 0.25) is 0 Å². The molecule has 21 heavy (non-hydrogen) atoms. The van der Waals surface area contributed by atoms with Gasteiger partial charge in [-0.25, -0.2) is 0 Å². The van der Waals surface area contributed by atoms with Gasteiger partial charge in [-0.1, -0.05) is 23.3 Å². The van der Waals surface area contributed by atoms with E-state index in [1.54, 1.807) is 6.92 Å². The Morgan fingerprint density at radius 3 is 2.76 bits per heavy atom. The maximum atomic E-state index is 11.3. The maximum absolute atomic E-state index is 11.3. The van der Waals surface area contributed by atoms with Crippen LogP contribution >= 0.6 is 0 Å². The van der Waals surface area contributed by atoms with Crippen LogP contribution in [-0.4, -0.2) is 19.2 Å². The van der Waals surface area contributed by atoms with Crippen LogP contribution in [0.15, 0.2) is 29.4 Å². The fourth-order valence-electron chi connectivity index (χ4n) is 2.05. The quantitative estimate of drug-likeness (QED) is 0.296. The van der Waals surface area contributed by atoms with Crippen LogP contribution in [0.4, 0.5) is 0 Å². The minimum atomic E-state index is -0.341. The molecule has 0 amide bonds. The highest BCUT2D eigenvalue weighted by Gasteiger charge is 2.15. The van der Waals surface area contributed by atoms with E-state index >= 15 is 0 Å². The molecule has 0 radical (unpaired) electrons. The number of hydrogen-bond acceptors (Lipinski definition) is 4. The second-order valence-corrected chi connectivity index (χ2v) is 4.39. The lowest BCUT2D eigenvalue weighted by Gasteiger charge is -2.15. The second-order valence-electron chi connectivity index (χ2n) is 4.39. The number of rotatable bonds is 9. The number of carbonyl (C=O) groups excluding carboxylic acids is 1. The predicted octanol–water partition coefficient (Wildman–Crippen LogP) is 4.17. The SMILES string of the molecule is CCOC(=O)CCCC(N=[N+]=[N-])c1ccccc1OCC. The van der Waals surface area contributed by atoms with Crippen LogP contribution in [0.1, 0.15) is 44.7 Å². The van der Waals surface area contributed by atoms with E-state index in [-0.39, 0.29) is 12.0 Å². The van der Waals surface area contributed by atoms with E-state index < -0.39 is 0 Å². The van der Waals surface area contributed by atoms with Crippen LogP contribution in [0.3, 0.4) is 0 Å². The zero-order valence-electron chi connectivity index (χ0n) is 12.5. The molecule has 0 saturated carbocycles. The van der Waals surface area contributed by atoms with Crippen molar-refractivity contribution in [2.45, 2.75) is 39.2 Å². The molecule has 1 atom stereocenters. The number of para-hydroxylation sites is 1. The van der Waals surface area contributed by atoms with Crippen LogP contribution < -0.4 is 4.74 Å². The van der Waals surface area contributed by atoms with Gasteiger partial charge in [0.25, 0.3) is 0 Å². The lowest BCUT2D eigenvalue weighted by molar-refractivity contribution is -0.143. The van der Waals surface area contributed by atoms with Crippen molar-refractivity contribution in [2.24, 2.45) is 5.11 Å². The van der Waals surface area contributed by atoms with Crippen LogP contribution in [-0.2, 0) is 9.53 Å². The molecule has 1 rings (SSSR count). The van der Waals surface area contributed by atoms with Gasteiger partial charge in [0.05, 0.1) is 19.3 Å². The highest BCUT2D eigenvalue weighted by molar-refractivity contribution is 5.69. The van der Waals surface area contributed by atoms with Crippen LogP contribution in [0, 0.1) is 0 Å². The molecule has 1 aromatic carbocycles. The molecular weight excluding hydrogens is 270 g/mol. The number of azide groups is 1. The van der Waals surface area contributed by atoms with Gasteiger partial charge >= 0.3 is 5.97 Å². The second kappa shape index (κ2) is 9.66. The van der Waals surface area contributed by atoms with E-state index in [1.165, 1.54) is 0 Å². The first kappa shape index (κ1) is 16.9. The number of hydrogen-bond donors (Lipinski definition) is 0. The summed E-state index contributed by atoms with van der Waals surface area (Å²) in [5.74, 6) is 0.490. The average molecular weight is 291 g/mol. The molecular formula is C15H21N3O3. The molecule has 1 aromatic rings. The van der Waals surface area contributed by atoms with E-state index in [1.807, 2.05) is 31.2 Å². The first-order chi connectivity index (χ1) is 10.2. The van der Waals surface area contributed by atoms with Crippen molar-refractivity contribution in [1.29, 1.82) is 0 Å². The predicted molar refractivity (Wildman–Crippen MR) is 80.0 cm³/mol.